The summed E-state index contributed by atoms with van der Waals surface area (Å²) >= 11 is 0. The van der Waals surface area contributed by atoms with E-state index in [1.807, 2.05) is 24.3 Å². The van der Waals surface area contributed by atoms with Crippen molar-refractivity contribution in [2.45, 2.75) is 13.8 Å². The van der Waals surface area contributed by atoms with Crippen LogP contribution in [0.15, 0.2) is 48.5 Å². The van der Waals surface area contributed by atoms with E-state index in [1.54, 1.807) is 24.3 Å². The highest BCUT2D eigenvalue weighted by molar-refractivity contribution is 6.04. The molecule has 0 saturated carbocycles. The third kappa shape index (κ3) is 5.20. The number of hydrogen-bond acceptors (Lipinski definition) is 5. The molecule has 1 N–H and O–H groups in total. The van der Waals surface area contributed by atoms with E-state index in [2.05, 4.69) is 10.2 Å². The van der Waals surface area contributed by atoms with E-state index in [4.69, 9.17) is 4.74 Å². The summed E-state index contributed by atoms with van der Waals surface area (Å²) in [5.41, 5.74) is 2.63. The summed E-state index contributed by atoms with van der Waals surface area (Å²) in [6.45, 7) is 5.50. The van der Waals surface area contributed by atoms with Gasteiger partial charge in [0.05, 0.1) is 24.6 Å². The number of nitrogens with zero attached hydrogens (tertiary/aromatic N) is 2. The number of carbonyl (C=O) groups excluding carboxylic acids is 3. The number of nitrogens with one attached hydrogen (secondary N) is 1. The fraction of sp³-hybridized carbons (Fsp3) is 0.318. The van der Waals surface area contributed by atoms with Crippen molar-refractivity contribution in [1.82, 2.24) is 0 Å². The van der Waals surface area contributed by atoms with Crippen LogP contribution in [0.2, 0.25) is 0 Å². The van der Waals surface area contributed by atoms with Crippen molar-refractivity contribution < 1.29 is 19.1 Å². The number of para-hydroxylation sites is 2. The Morgan fingerprint density at radius 3 is 2.45 bits per heavy atom. The zero-order chi connectivity index (χ0) is 20.8. The Morgan fingerprint density at radius 2 is 1.76 bits per heavy atom. The molecule has 0 unspecified atom stereocenters. The van der Waals surface area contributed by atoms with Crippen LogP contribution in [-0.2, 0) is 14.3 Å². The fourth-order valence-corrected chi connectivity index (χ4v) is 3.29. The third-order valence-electron chi connectivity index (χ3n) is 4.76. The number of carbonyl (C=O) groups is 3. The highest BCUT2D eigenvalue weighted by Crippen LogP contribution is 2.30. The summed E-state index contributed by atoms with van der Waals surface area (Å²) in [6.07, 6.45) is 0. The van der Waals surface area contributed by atoms with Gasteiger partial charge in [-0.25, -0.2) is 0 Å². The van der Waals surface area contributed by atoms with Crippen LogP contribution in [0.4, 0.5) is 17.1 Å². The molecule has 1 heterocycles. The highest BCUT2D eigenvalue weighted by Gasteiger charge is 2.22. The van der Waals surface area contributed by atoms with E-state index in [1.165, 1.54) is 18.7 Å². The van der Waals surface area contributed by atoms with Gasteiger partial charge in [0.25, 0.3) is 0 Å². The van der Waals surface area contributed by atoms with E-state index in [-0.39, 0.29) is 24.1 Å². The molecule has 0 bridgehead atoms. The molecule has 0 spiro atoms. The number of amides is 2. The molecule has 1 aliphatic heterocycles. The minimum atomic E-state index is -0.335. The minimum absolute atomic E-state index is 0.0779. The molecule has 7 heteroatoms. The molecule has 1 aliphatic rings. The summed E-state index contributed by atoms with van der Waals surface area (Å²) in [6, 6.07) is 14.3. The van der Waals surface area contributed by atoms with Gasteiger partial charge in [-0.2, -0.15) is 0 Å². The monoisotopic (exact) mass is 395 g/mol. The van der Waals surface area contributed by atoms with Crippen LogP contribution in [0.1, 0.15) is 24.2 Å². The highest BCUT2D eigenvalue weighted by atomic mass is 16.5. The Labute approximate surface area is 170 Å². The maximum absolute atomic E-state index is 12.6. The summed E-state index contributed by atoms with van der Waals surface area (Å²) in [4.78, 5) is 40.2. The second-order valence-corrected chi connectivity index (χ2v) is 6.88. The summed E-state index contributed by atoms with van der Waals surface area (Å²) in [7, 11) is 0. The number of benzene rings is 2. The van der Waals surface area contributed by atoms with Crippen molar-refractivity contribution in [1.29, 1.82) is 0 Å². The van der Waals surface area contributed by atoms with Gasteiger partial charge in [-0.3, -0.25) is 14.4 Å². The number of ketones is 1. The van der Waals surface area contributed by atoms with Crippen molar-refractivity contribution in [2.75, 3.05) is 48.0 Å². The first-order valence-corrected chi connectivity index (χ1v) is 9.56. The van der Waals surface area contributed by atoms with Gasteiger partial charge in [0.2, 0.25) is 11.8 Å². The quantitative estimate of drug-likeness (QED) is 0.761. The molecule has 2 aromatic rings. The van der Waals surface area contributed by atoms with Crippen LogP contribution in [0, 0.1) is 0 Å². The van der Waals surface area contributed by atoms with Crippen LogP contribution in [0.3, 0.4) is 0 Å². The van der Waals surface area contributed by atoms with Crippen molar-refractivity contribution in [3.05, 3.63) is 54.1 Å². The zero-order valence-electron chi connectivity index (χ0n) is 16.7. The molecule has 7 nitrogen and oxygen atoms in total. The molecular formula is C22H25N3O4. The Kier molecular flexibility index (Phi) is 6.61. The predicted octanol–water partition coefficient (Wildman–Crippen LogP) is 2.72. The van der Waals surface area contributed by atoms with Crippen LogP contribution in [0.5, 0.6) is 0 Å². The zero-order valence-corrected chi connectivity index (χ0v) is 16.7. The largest absolute Gasteiger partial charge is 0.378 e. The van der Waals surface area contributed by atoms with E-state index >= 15 is 0 Å². The van der Waals surface area contributed by atoms with Gasteiger partial charge in [0.15, 0.2) is 5.78 Å². The van der Waals surface area contributed by atoms with E-state index in [0.29, 0.717) is 30.2 Å². The fourth-order valence-electron chi connectivity index (χ4n) is 3.29. The molecule has 2 aromatic carbocycles. The van der Waals surface area contributed by atoms with Gasteiger partial charge in [-0.1, -0.05) is 24.3 Å². The van der Waals surface area contributed by atoms with Gasteiger partial charge in [0, 0.05) is 31.3 Å². The smallest absolute Gasteiger partial charge is 0.244 e. The molecule has 1 saturated heterocycles. The van der Waals surface area contributed by atoms with Gasteiger partial charge >= 0.3 is 0 Å². The maximum Gasteiger partial charge on any atom is 0.244 e. The molecule has 0 aromatic heterocycles. The topological polar surface area (TPSA) is 79.0 Å². The number of rotatable bonds is 6. The summed E-state index contributed by atoms with van der Waals surface area (Å²) in [5, 5.41) is 2.77. The lowest BCUT2D eigenvalue weighted by Gasteiger charge is -2.33. The third-order valence-corrected chi connectivity index (χ3v) is 4.76. The van der Waals surface area contributed by atoms with E-state index in [0.717, 1.165) is 18.8 Å². The van der Waals surface area contributed by atoms with Crippen LogP contribution in [0.25, 0.3) is 0 Å². The number of ether oxygens (including phenoxy) is 1. The molecule has 2 amide bonds. The van der Waals surface area contributed by atoms with Gasteiger partial charge in [-0.05, 0) is 31.2 Å². The van der Waals surface area contributed by atoms with Crippen molar-refractivity contribution in [3.8, 4) is 0 Å². The molecule has 152 valence electrons. The van der Waals surface area contributed by atoms with Gasteiger partial charge in [0.1, 0.15) is 6.54 Å². The first-order chi connectivity index (χ1) is 14.0. The number of hydrogen-bond donors (Lipinski definition) is 1. The normalized spacial score (nSPS) is 13.7. The lowest BCUT2D eigenvalue weighted by Crippen LogP contribution is -2.40. The number of morpholine rings is 1. The second kappa shape index (κ2) is 9.34. The van der Waals surface area contributed by atoms with Crippen molar-refractivity contribution in [2.24, 2.45) is 0 Å². The first kappa shape index (κ1) is 20.5. The van der Waals surface area contributed by atoms with Crippen LogP contribution < -0.4 is 15.1 Å². The Balaban J connectivity index is 1.79. The Morgan fingerprint density at radius 1 is 1.03 bits per heavy atom. The van der Waals surface area contributed by atoms with Gasteiger partial charge in [-0.15, -0.1) is 0 Å². The lowest BCUT2D eigenvalue weighted by molar-refractivity contribution is -0.120. The summed E-state index contributed by atoms with van der Waals surface area (Å²) in [5.74, 6) is -0.637. The molecule has 3 rings (SSSR count). The van der Waals surface area contributed by atoms with Gasteiger partial charge < -0.3 is 19.9 Å². The van der Waals surface area contributed by atoms with E-state index in [9.17, 15) is 14.4 Å². The SMILES string of the molecule is CC(=O)c1cccc(NC(=O)CN(C(C)=O)c2ccccc2N2CCOCC2)c1. The molecule has 0 aliphatic carbocycles. The molecule has 29 heavy (non-hydrogen) atoms. The minimum Gasteiger partial charge on any atom is -0.378 e. The standard InChI is InChI=1S/C22H25N3O4/c1-16(26)18-6-5-7-19(14-18)23-22(28)15-25(17(2)27)21-9-4-3-8-20(21)24-10-12-29-13-11-24/h3-9,14H,10-13,15H2,1-2H3,(H,23,28). The van der Waals surface area contributed by atoms with Crippen LogP contribution >= 0.6 is 0 Å². The Hall–Kier alpha value is -3.19. The van der Waals surface area contributed by atoms with Crippen molar-refractivity contribution in [3.63, 3.8) is 0 Å². The molecule has 0 atom stereocenters. The second-order valence-electron chi connectivity index (χ2n) is 6.88. The average Bonchev–Trinajstić information content (AvgIpc) is 2.72. The number of anilines is 3. The summed E-state index contributed by atoms with van der Waals surface area (Å²) < 4.78 is 5.42. The predicted molar refractivity (Wildman–Crippen MR) is 113 cm³/mol. The van der Waals surface area contributed by atoms with Crippen molar-refractivity contribution >= 4 is 34.7 Å². The first-order valence-electron chi connectivity index (χ1n) is 9.56. The maximum atomic E-state index is 12.6. The molecule has 0 radical (unpaired) electrons. The van der Waals surface area contributed by atoms with Crippen LogP contribution in [-0.4, -0.2) is 50.4 Å². The molecular weight excluding hydrogens is 370 g/mol. The molecule has 1 fully saturated rings. The lowest BCUT2D eigenvalue weighted by atomic mass is 10.1. The van der Waals surface area contributed by atoms with E-state index < -0.39 is 0 Å². The Bertz CT molecular complexity index is 906. The average molecular weight is 395 g/mol. The number of Topliss-reactive ketones (excluding diaryl/α,β-unsaturated/α-hetero) is 1.